The number of rotatable bonds is 6. The van der Waals surface area contributed by atoms with Crippen LogP contribution in [0.15, 0.2) is 10.8 Å². The lowest BCUT2D eigenvalue weighted by Crippen LogP contribution is -2.51. The summed E-state index contributed by atoms with van der Waals surface area (Å²) in [4.78, 5) is 28.6. The molecule has 10 nitrogen and oxygen atoms in total. The molecule has 0 spiro atoms. The fraction of sp³-hybridized carbons (Fsp3) is 0.615. The normalized spacial score (nSPS) is 18.8. The minimum absolute atomic E-state index is 0.126. The highest BCUT2D eigenvalue weighted by Crippen LogP contribution is 2.14. The summed E-state index contributed by atoms with van der Waals surface area (Å²) in [5, 5.41) is 8.84. The number of oxazole rings is 1. The second-order valence-corrected chi connectivity index (χ2v) is 7.44. The van der Waals surface area contributed by atoms with Gasteiger partial charge in [-0.2, -0.15) is 4.31 Å². The van der Waals surface area contributed by atoms with Gasteiger partial charge < -0.3 is 19.2 Å². The average molecular weight is 361 g/mol. The lowest BCUT2D eigenvalue weighted by molar-refractivity contribution is -0.137. The highest BCUT2D eigenvalue weighted by atomic mass is 32.2. The molecule has 1 N–H and O–H groups in total. The topological polar surface area (TPSA) is 130 Å². The van der Waals surface area contributed by atoms with E-state index in [0.717, 1.165) is 10.6 Å². The summed E-state index contributed by atoms with van der Waals surface area (Å²) in [6, 6.07) is 0. The second kappa shape index (κ2) is 7.28. The first kappa shape index (κ1) is 18.4. The van der Waals surface area contributed by atoms with Crippen molar-refractivity contribution in [3.63, 3.8) is 0 Å². The standard InChI is InChI=1S/C13H19N3O7S/c1-9-12(23-8-14-9)13(19)15-3-4-22-10(5-15)6-16(7-11(17)18)24(2,20)21/h8,10H,3-7H2,1-2H3,(H,17,18). The van der Waals surface area contributed by atoms with E-state index in [1.54, 1.807) is 6.92 Å². The number of carbonyl (C=O) groups is 2. The summed E-state index contributed by atoms with van der Waals surface area (Å²) >= 11 is 0. The lowest BCUT2D eigenvalue weighted by atomic mass is 10.2. The Morgan fingerprint density at radius 2 is 2.21 bits per heavy atom. The number of hydrogen-bond donors (Lipinski definition) is 1. The van der Waals surface area contributed by atoms with E-state index in [2.05, 4.69) is 4.98 Å². The molecule has 1 aromatic rings. The number of carbonyl (C=O) groups excluding carboxylic acids is 1. The molecule has 11 heteroatoms. The zero-order valence-corrected chi connectivity index (χ0v) is 14.2. The minimum Gasteiger partial charge on any atom is -0.480 e. The Bertz CT molecular complexity index is 715. The molecule has 0 bridgehead atoms. The highest BCUT2D eigenvalue weighted by Gasteiger charge is 2.31. The lowest BCUT2D eigenvalue weighted by Gasteiger charge is -2.34. The number of aryl methyl sites for hydroxylation is 1. The van der Waals surface area contributed by atoms with Gasteiger partial charge in [-0.05, 0) is 6.92 Å². The fourth-order valence-corrected chi connectivity index (χ4v) is 3.14. The van der Waals surface area contributed by atoms with E-state index in [1.165, 1.54) is 11.3 Å². The van der Waals surface area contributed by atoms with Crippen LogP contribution in [0.2, 0.25) is 0 Å². The van der Waals surface area contributed by atoms with Crippen molar-refractivity contribution in [2.24, 2.45) is 0 Å². The van der Waals surface area contributed by atoms with E-state index >= 15 is 0 Å². The summed E-state index contributed by atoms with van der Waals surface area (Å²) in [5.74, 6) is -1.50. The highest BCUT2D eigenvalue weighted by molar-refractivity contribution is 7.88. The third-order valence-corrected chi connectivity index (χ3v) is 4.77. The molecule has 0 radical (unpaired) electrons. The third-order valence-electron chi connectivity index (χ3n) is 3.55. The van der Waals surface area contributed by atoms with Crippen LogP contribution in [-0.2, 0) is 19.6 Å². The molecule has 2 heterocycles. The van der Waals surface area contributed by atoms with Crippen molar-refractivity contribution < 1.29 is 32.3 Å². The molecule has 1 aliphatic heterocycles. The molecule has 1 aliphatic rings. The van der Waals surface area contributed by atoms with Gasteiger partial charge in [0.2, 0.25) is 15.8 Å². The van der Waals surface area contributed by atoms with E-state index < -0.39 is 28.6 Å². The van der Waals surface area contributed by atoms with E-state index in [9.17, 15) is 18.0 Å². The Hall–Kier alpha value is -1.98. The van der Waals surface area contributed by atoms with Crippen LogP contribution >= 0.6 is 0 Å². The third kappa shape index (κ3) is 4.52. The summed E-state index contributed by atoms with van der Waals surface area (Å²) in [6.07, 6.45) is 1.48. The molecule has 0 aliphatic carbocycles. The monoisotopic (exact) mass is 361 g/mol. The van der Waals surface area contributed by atoms with Crippen molar-refractivity contribution in [3.8, 4) is 0 Å². The second-order valence-electron chi connectivity index (χ2n) is 5.46. The summed E-state index contributed by atoms with van der Waals surface area (Å²) in [5.41, 5.74) is 0.465. The molecule has 1 fully saturated rings. The Balaban J connectivity index is 2.05. The molecular weight excluding hydrogens is 342 g/mol. The van der Waals surface area contributed by atoms with Gasteiger partial charge in [-0.3, -0.25) is 9.59 Å². The molecule has 24 heavy (non-hydrogen) atoms. The van der Waals surface area contributed by atoms with Gasteiger partial charge in [-0.25, -0.2) is 13.4 Å². The van der Waals surface area contributed by atoms with Crippen LogP contribution in [0.5, 0.6) is 0 Å². The smallest absolute Gasteiger partial charge is 0.318 e. The molecule has 1 saturated heterocycles. The van der Waals surface area contributed by atoms with Crippen LogP contribution in [0.25, 0.3) is 0 Å². The molecule has 1 unspecified atom stereocenters. The predicted octanol–water partition coefficient (Wildman–Crippen LogP) is -0.830. The maximum absolute atomic E-state index is 12.4. The van der Waals surface area contributed by atoms with Gasteiger partial charge in [0.15, 0.2) is 6.39 Å². The number of aromatic nitrogens is 1. The van der Waals surface area contributed by atoms with Crippen LogP contribution in [0, 0.1) is 6.92 Å². The Kier molecular flexibility index (Phi) is 5.57. The van der Waals surface area contributed by atoms with Gasteiger partial charge in [0.1, 0.15) is 6.54 Å². The van der Waals surface area contributed by atoms with Crippen LogP contribution in [0.3, 0.4) is 0 Å². The summed E-state index contributed by atoms with van der Waals surface area (Å²) in [6.45, 7) is 1.51. The number of carboxylic acids is 1. The molecule has 1 aromatic heterocycles. The Morgan fingerprint density at radius 1 is 1.50 bits per heavy atom. The summed E-state index contributed by atoms with van der Waals surface area (Å²) in [7, 11) is -3.71. The number of ether oxygens (including phenoxy) is 1. The van der Waals surface area contributed by atoms with Crippen molar-refractivity contribution >= 4 is 21.9 Å². The molecule has 0 aromatic carbocycles. The number of sulfonamides is 1. The number of aliphatic carboxylic acids is 1. The van der Waals surface area contributed by atoms with E-state index in [4.69, 9.17) is 14.3 Å². The zero-order valence-electron chi connectivity index (χ0n) is 13.3. The van der Waals surface area contributed by atoms with Gasteiger partial charge in [0, 0.05) is 19.6 Å². The average Bonchev–Trinajstić information content (AvgIpc) is 2.91. The first-order valence-electron chi connectivity index (χ1n) is 7.16. The van der Waals surface area contributed by atoms with Gasteiger partial charge >= 0.3 is 5.97 Å². The van der Waals surface area contributed by atoms with Crippen LogP contribution in [0.4, 0.5) is 0 Å². The van der Waals surface area contributed by atoms with Gasteiger partial charge in [0.25, 0.3) is 5.91 Å². The maximum atomic E-state index is 12.4. The molecule has 1 amide bonds. The van der Waals surface area contributed by atoms with Crippen molar-refractivity contribution in [2.45, 2.75) is 13.0 Å². The number of morpholine rings is 1. The predicted molar refractivity (Wildman–Crippen MR) is 80.9 cm³/mol. The van der Waals surface area contributed by atoms with Gasteiger partial charge in [0.05, 0.1) is 24.7 Å². The molecular formula is C13H19N3O7S. The Morgan fingerprint density at radius 3 is 2.75 bits per heavy atom. The zero-order chi connectivity index (χ0) is 17.9. The molecule has 2 rings (SSSR count). The van der Waals surface area contributed by atoms with Crippen LogP contribution in [0.1, 0.15) is 16.2 Å². The van der Waals surface area contributed by atoms with Crippen LogP contribution in [-0.4, -0.2) is 84.7 Å². The summed E-state index contributed by atoms with van der Waals surface area (Å²) < 4.78 is 34.7. The number of carboxylic acid groups (broad SMARTS) is 1. The minimum atomic E-state index is -3.71. The van der Waals surface area contributed by atoms with E-state index in [-0.39, 0.29) is 31.4 Å². The number of amides is 1. The fourth-order valence-electron chi connectivity index (χ4n) is 2.36. The largest absolute Gasteiger partial charge is 0.480 e. The Labute approximate surface area is 139 Å². The quantitative estimate of drug-likeness (QED) is 0.695. The van der Waals surface area contributed by atoms with Crippen molar-refractivity contribution in [3.05, 3.63) is 17.8 Å². The maximum Gasteiger partial charge on any atom is 0.318 e. The molecule has 134 valence electrons. The number of hydrogen-bond acceptors (Lipinski definition) is 7. The first-order valence-corrected chi connectivity index (χ1v) is 9.01. The van der Waals surface area contributed by atoms with E-state index in [1.807, 2.05) is 0 Å². The molecule has 0 saturated carbocycles. The first-order chi connectivity index (χ1) is 11.2. The van der Waals surface area contributed by atoms with Gasteiger partial charge in [-0.1, -0.05) is 0 Å². The van der Waals surface area contributed by atoms with Gasteiger partial charge in [-0.15, -0.1) is 0 Å². The van der Waals surface area contributed by atoms with Crippen molar-refractivity contribution in [2.75, 3.05) is 39.0 Å². The van der Waals surface area contributed by atoms with E-state index in [0.29, 0.717) is 12.2 Å². The SMILES string of the molecule is Cc1ncoc1C(=O)N1CCOC(CN(CC(=O)O)S(C)(=O)=O)C1. The number of nitrogens with zero attached hydrogens (tertiary/aromatic N) is 3. The van der Waals surface area contributed by atoms with Crippen molar-refractivity contribution in [1.29, 1.82) is 0 Å². The van der Waals surface area contributed by atoms with Crippen molar-refractivity contribution in [1.82, 2.24) is 14.2 Å². The molecule has 1 atom stereocenters. The van der Waals surface area contributed by atoms with Crippen LogP contribution < -0.4 is 0 Å².